The van der Waals surface area contributed by atoms with Gasteiger partial charge in [0, 0.05) is 26.1 Å². The van der Waals surface area contributed by atoms with E-state index in [0.717, 1.165) is 0 Å². The monoisotopic (exact) mass is 364 g/mol. The van der Waals surface area contributed by atoms with E-state index in [9.17, 15) is 15.0 Å². The minimum Gasteiger partial charge on any atom is -0.507 e. The van der Waals surface area contributed by atoms with Crippen LogP contribution < -0.4 is 0 Å². The highest BCUT2D eigenvalue weighted by Gasteiger charge is 2.47. The first-order valence-corrected chi connectivity index (χ1v) is 8.69. The van der Waals surface area contributed by atoms with E-state index in [1.54, 1.807) is 26.4 Å². The molecule has 0 aliphatic heterocycles. The highest BCUT2D eigenvalue weighted by Crippen LogP contribution is 2.50. The Bertz CT molecular complexity index is 913. The summed E-state index contributed by atoms with van der Waals surface area (Å²) in [5.74, 6) is -2.30. The quantitative estimate of drug-likeness (QED) is 0.815. The largest absolute Gasteiger partial charge is 0.507 e. The second kappa shape index (κ2) is 6.37. The third-order valence-electron chi connectivity index (χ3n) is 5.49. The van der Waals surface area contributed by atoms with Crippen molar-refractivity contribution in [2.45, 2.75) is 11.7 Å². The van der Waals surface area contributed by atoms with Crippen LogP contribution in [0.2, 0.25) is 0 Å². The zero-order chi connectivity index (χ0) is 19.2. The van der Waals surface area contributed by atoms with E-state index in [1.807, 2.05) is 36.4 Å². The smallest absolute Gasteiger partial charge is 0.201 e. The predicted octanol–water partition coefficient (Wildman–Crippen LogP) is 3.51. The van der Waals surface area contributed by atoms with Gasteiger partial charge in [0.15, 0.2) is 5.79 Å². The van der Waals surface area contributed by atoms with Gasteiger partial charge in [0.2, 0.25) is 5.78 Å². The summed E-state index contributed by atoms with van der Waals surface area (Å²) in [6, 6.07) is 10.0. The van der Waals surface area contributed by atoms with E-state index in [-0.39, 0.29) is 40.2 Å². The number of hydrogen-bond donors (Lipinski definition) is 2. The lowest BCUT2D eigenvalue weighted by Gasteiger charge is -2.42. The SMILES string of the molecule is COC1(OC)C=CC=CC1C1c2cccc(O)c2C(=O)c2c(O)cccc21. The van der Waals surface area contributed by atoms with Gasteiger partial charge in [-0.05, 0) is 29.3 Å². The Morgan fingerprint density at radius 1 is 0.889 bits per heavy atom. The molecular weight excluding hydrogens is 344 g/mol. The number of aromatic hydroxyl groups is 2. The van der Waals surface area contributed by atoms with Crippen LogP contribution in [0.5, 0.6) is 11.5 Å². The second-order valence-electron chi connectivity index (χ2n) is 6.69. The fraction of sp³-hybridized carbons (Fsp3) is 0.227. The van der Waals surface area contributed by atoms with Gasteiger partial charge in [0.05, 0.1) is 11.1 Å². The number of benzene rings is 2. The van der Waals surface area contributed by atoms with Gasteiger partial charge in [-0.25, -0.2) is 0 Å². The highest BCUT2D eigenvalue weighted by atomic mass is 16.7. The first-order chi connectivity index (χ1) is 13.0. The second-order valence-corrected chi connectivity index (χ2v) is 6.69. The van der Waals surface area contributed by atoms with E-state index in [0.29, 0.717) is 11.1 Å². The van der Waals surface area contributed by atoms with Gasteiger partial charge in [-0.3, -0.25) is 4.79 Å². The van der Waals surface area contributed by atoms with E-state index < -0.39 is 5.79 Å². The molecule has 0 spiro atoms. The van der Waals surface area contributed by atoms with Crippen molar-refractivity contribution < 1.29 is 24.5 Å². The topological polar surface area (TPSA) is 76.0 Å². The summed E-state index contributed by atoms with van der Waals surface area (Å²) >= 11 is 0. The standard InChI is InChI=1S/C22H20O5/c1-26-22(27-2)12-4-3-9-15(22)18-13-7-5-10-16(23)19(13)21(25)20-14(18)8-6-11-17(20)24/h3-12,15,18,23-24H,1-2H3. The molecule has 2 aliphatic rings. The number of carbonyl (C=O) groups is 1. The number of phenolic OH excluding ortho intramolecular Hbond substituents is 2. The van der Waals surface area contributed by atoms with Crippen molar-refractivity contribution in [2.24, 2.45) is 5.92 Å². The van der Waals surface area contributed by atoms with Crippen LogP contribution >= 0.6 is 0 Å². The molecule has 2 aromatic rings. The van der Waals surface area contributed by atoms with Crippen LogP contribution in [0.15, 0.2) is 60.7 Å². The average molecular weight is 364 g/mol. The third kappa shape index (κ3) is 2.43. The van der Waals surface area contributed by atoms with Gasteiger partial charge < -0.3 is 19.7 Å². The normalized spacial score (nSPS) is 20.4. The van der Waals surface area contributed by atoms with Crippen LogP contribution in [0.4, 0.5) is 0 Å². The lowest BCUT2D eigenvalue weighted by Crippen LogP contribution is -2.44. The van der Waals surface area contributed by atoms with Crippen LogP contribution in [0.1, 0.15) is 33.0 Å². The molecule has 0 bridgehead atoms. The van der Waals surface area contributed by atoms with Crippen molar-refractivity contribution in [1.82, 2.24) is 0 Å². The van der Waals surface area contributed by atoms with Gasteiger partial charge in [-0.15, -0.1) is 0 Å². The lowest BCUT2D eigenvalue weighted by atomic mass is 9.68. The molecule has 27 heavy (non-hydrogen) atoms. The molecule has 2 N–H and O–H groups in total. The first kappa shape index (κ1) is 17.5. The molecule has 4 rings (SSSR count). The maximum Gasteiger partial charge on any atom is 0.201 e. The Labute approximate surface area is 157 Å². The predicted molar refractivity (Wildman–Crippen MR) is 100 cm³/mol. The van der Waals surface area contributed by atoms with Gasteiger partial charge >= 0.3 is 0 Å². The molecule has 1 unspecified atom stereocenters. The molecule has 1 atom stereocenters. The van der Waals surface area contributed by atoms with E-state index in [1.165, 1.54) is 12.1 Å². The molecule has 0 heterocycles. The number of phenols is 2. The van der Waals surface area contributed by atoms with Crippen LogP contribution in [-0.4, -0.2) is 36.0 Å². The Hall–Kier alpha value is -2.89. The lowest BCUT2D eigenvalue weighted by molar-refractivity contribution is -0.197. The molecule has 2 aromatic carbocycles. The molecule has 0 amide bonds. The molecular formula is C22H20O5. The number of hydrogen-bond acceptors (Lipinski definition) is 5. The Morgan fingerprint density at radius 2 is 1.44 bits per heavy atom. The number of fused-ring (bicyclic) bond motifs is 2. The minimum absolute atomic E-state index is 0.104. The fourth-order valence-corrected chi connectivity index (χ4v) is 4.26. The van der Waals surface area contributed by atoms with Crippen molar-refractivity contribution in [1.29, 1.82) is 0 Å². The number of ether oxygens (including phenoxy) is 2. The number of rotatable bonds is 3. The van der Waals surface area contributed by atoms with Crippen LogP contribution in [-0.2, 0) is 9.47 Å². The summed E-state index contributed by atoms with van der Waals surface area (Å²) in [4.78, 5) is 13.1. The highest BCUT2D eigenvalue weighted by molar-refractivity contribution is 6.16. The maximum absolute atomic E-state index is 13.1. The fourth-order valence-electron chi connectivity index (χ4n) is 4.26. The summed E-state index contributed by atoms with van der Waals surface area (Å²) < 4.78 is 11.5. The zero-order valence-electron chi connectivity index (χ0n) is 15.0. The minimum atomic E-state index is -1.04. The molecule has 0 aromatic heterocycles. The van der Waals surface area contributed by atoms with Gasteiger partial charge in [-0.2, -0.15) is 0 Å². The van der Waals surface area contributed by atoms with Crippen molar-refractivity contribution in [3.8, 4) is 11.5 Å². The molecule has 2 aliphatic carbocycles. The molecule has 0 saturated carbocycles. The Morgan fingerprint density at radius 3 is 1.96 bits per heavy atom. The van der Waals surface area contributed by atoms with Crippen molar-refractivity contribution in [3.63, 3.8) is 0 Å². The molecule has 0 radical (unpaired) electrons. The van der Waals surface area contributed by atoms with Gasteiger partial charge in [-0.1, -0.05) is 42.5 Å². The Kier molecular flexibility index (Phi) is 4.13. The van der Waals surface area contributed by atoms with E-state index >= 15 is 0 Å². The van der Waals surface area contributed by atoms with Crippen molar-refractivity contribution in [3.05, 3.63) is 83.0 Å². The van der Waals surface area contributed by atoms with Crippen molar-refractivity contribution >= 4 is 5.78 Å². The van der Waals surface area contributed by atoms with Crippen LogP contribution in [0.25, 0.3) is 0 Å². The number of carbonyl (C=O) groups excluding carboxylic acids is 1. The summed E-state index contributed by atoms with van der Waals surface area (Å²) in [6.07, 6.45) is 7.56. The molecule has 0 saturated heterocycles. The first-order valence-electron chi connectivity index (χ1n) is 8.69. The number of allylic oxidation sites excluding steroid dienone is 2. The maximum atomic E-state index is 13.1. The summed E-state index contributed by atoms with van der Waals surface area (Å²) in [5.41, 5.74) is 1.78. The Balaban J connectivity index is 2.02. The summed E-state index contributed by atoms with van der Waals surface area (Å²) in [6.45, 7) is 0. The third-order valence-corrected chi connectivity index (χ3v) is 5.49. The van der Waals surface area contributed by atoms with Gasteiger partial charge in [0.25, 0.3) is 0 Å². The van der Waals surface area contributed by atoms with E-state index in [4.69, 9.17) is 9.47 Å². The van der Waals surface area contributed by atoms with E-state index in [2.05, 4.69) is 0 Å². The molecule has 5 heteroatoms. The average Bonchev–Trinajstić information content (AvgIpc) is 2.68. The zero-order valence-corrected chi connectivity index (χ0v) is 15.0. The van der Waals surface area contributed by atoms with Crippen molar-refractivity contribution in [2.75, 3.05) is 14.2 Å². The summed E-state index contributed by atoms with van der Waals surface area (Å²) in [7, 11) is 3.14. The summed E-state index contributed by atoms with van der Waals surface area (Å²) in [5, 5.41) is 20.8. The molecule has 138 valence electrons. The number of methoxy groups -OCH3 is 2. The van der Waals surface area contributed by atoms with Gasteiger partial charge in [0.1, 0.15) is 11.5 Å². The molecule has 5 nitrogen and oxygen atoms in total. The number of ketones is 1. The van der Waals surface area contributed by atoms with Crippen LogP contribution in [0, 0.1) is 5.92 Å². The van der Waals surface area contributed by atoms with Crippen LogP contribution in [0.3, 0.4) is 0 Å². The molecule has 0 fully saturated rings.